The van der Waals surface area contributed by atoms with Crippen molar-refractivity contribution in [3.63, 3.8) is 0 Å². The average molecular weight is 172 g/mol. The van der Waals surface area contributed by atoms with E-state index in [1.807, 2.05) is 0 Å². The monoisotopic (exact) mass is 172 g/mol. The summed E-state index contributed by atoms with van der Waals surface area (Å²) < 4.78 is 9.90. The van der Waals surface area contributed by atoms with Crippen LogP contribution in [-0.4, -0.2) is 30.6 Å². The van der Waals surface area contributed by atoms with E-state index in [9.17, 15) is 4.79 Å². The Hall–Kier alpha value is -0.870. The third-order valence-corrected chi connectivity index (χ3v) is 1.61. The van der Waals surface area contributed by atoms with Crippen LogP contribution in [0.25, 0.3) is 0 Å². The van der Waals surface area contributed by atoms with Gasteiger partial charge in [0.05, 0.1) is 18.8 Å². The van der Waals surface area contributed by atoms with E-state index in [1.165, 1.54) is 0 Å². The van der Waals surface area contributed by atoms with Gasteiger partial charge in [0.2, 0.25) is 6.29 Å². The molecule has 0 aromatic carbocycles. The quantitative estimate of drug-likeness (QED) is 0.488. The minimum atomic E-state index is -0.579. The SMILES string of the molecule is C=C(CO)C(=O)OC1CCCO1. The average Bonchev–Trinajstić information content (AvgIpc) is 2.55. The first-order chi connectivity index (χ1) is 5.74. The first-order valence-corrected chi connectivity index (χ1v) is 3.85. The smallest absolute Gasteiger partial charge is 0.338 e. The van der Waals surface area contributed by atoms with Crippen molar-refractivity contribution in [2.45, 2.75) is 19.1 Å². The summed E-state index contributed by atoms with van der Waals surface area (Å²) in [5.74, 6) is -0.579. The van der Waals surface area contributed by atoms with Crippen LogP contribution < -0.4 is 0 Å². The summed E-state index contributed by atoms with van der Waals surface area (Å²) in [7, 11) is 0. The predicted octanol–water partition coefficient (Wildman–Crippen LogP) is 0.215. The number of carbonyl (C=O) groups excluding carboxylic acids is 1. The van der Waals surface area contributed by atoms with Crippen LogP contribution in [0.3, 0.4) is 0 Å². The molecule has 1 heterocycles. The molecule has 4 heteroatoms. The maximum atomic E-state index is 11.0. The zero-order valence-corrected chi connectivity index (χ0v) is 6.78. The number of carbonyl (C=O) groups is 1. The molecule has 1 N–H and O–H groups in total. The zero-order chi connectivity index (χ0) is 8.97. The van der Waals surface area contributed by atoms with Gasteiger partial charge in [0.15, 0.2) is 0 Å². The maximum absolute atomic E-state index is 11.0. The predicted molar refractivity (Wildman–Crippen MR) is 41.3 cm³/mol. The maximum Gasteiger partial charge on any atom is 0.338 e. The van der Waals surface area contributed by atoms with E-state index in [0.29, 0.717) is 6.61 Å². The second-order valence-corrected chi connectivity index (χ2v) is 2.61. The topological polar surface area (TPSA) is 55.8 Å². The molecule has 0 aromatic heterocycles. The molecule has 0 aromatic rings. The fraction of sp³-hybridized carbons (Fsp3) is 0.625. The Morgan fingerprint density at radius 1 is 1.75 bits per heavy atom. The molecular formula is C8H12O4. The van der Waals surface area contributed by atoms with Crippen molar-refractivity contribution in [3.8, 4) is 0 Å². The van der Waals surface area contributed by atoms with Gasteiger partial charge in [-0.2, -0.15) is 0 Å². The second kappa shape index (κ2) is 4.23. The molecule has 0 bridgehead atoms. The van der Waals surface area contributed by atoms with Crippen molar-refractivity contribution in [1.82, 2.24) is 0 Å². The van der Waals surface area contributed by atoms with Gasteiger partial charge in [-0.15, -0.1) is 0 Å². The van der Waals surface area contributed by atoms with E-state index < -0.39 is 12.3 Å². The van der Waals surface area contributed by atoms with Gasteiger partial charge in [-0.3, -0.25) is 0 Å². The van der Waals surface area contributed by atoms with Gasteiger partial charge in [0.1, 0.15) is 0 Å². The summed E-state index contributed by atoms with van der Waals surface area (Å²) in [4.78, 5) is 11.0. The highest BCUT2D eigenvalue weighted by molar-refractivity contribution is 5.87. The lowest BCUT2D eigenvalue weighted by Crippen LogP contribution is -2.19. The highest BCUT2D eigenvalue weighted by Crippen LogP contribution is 2.14. The Labute approximate surface area is 70.8 Å². The number of hydrogen-bond donors (Lipinski definition) is 1. The van der Waals surface area contributed by atoms with Gasteiger partial charge in [-0.1, -0.05) is 6.58 Å². The third-order valence-electron chi connectivity index (χ3n) is 1.61. The van der Waals surface area contributed by atoms with Crippen LogP contribution in [-0.2, 0) is 14.3 Å². The lowest BCUT2D eigenvalue weighted by Gasteiger charge is -2.10. The molecule has 0 spiro atoms. The molecule has 1 unspecified atom stereocenters. The van der Waals surface area contributed by atoms with Crippen molar-refractivity contribution in [2.75, 3.05) is 13.2 Å². The Morgan fingerprint density at radius 2 is 2.50 bits per heavy atom. The highest BCUT2D eigenvalue weighted by atomic mass is 16.7. The van der Waals surface area contributed by atoms with Crippen LogP contribution in [0.5, 0.6) is 0 Å². The number of esters is 1. The van der Waals surface area contributed by atoms with E-state index in [4.69, 9.17) is 14.6 Å². The summed E-state index contributed by atoms with van der Waals surface area (Å²) >= 11 is 0. The van der Waals surface area contributed by atoms with Crippen molar-refractivity contribution >= 4 is 5.97 Å². The summed E-state index contributed by atoms with van der Waals surface area (Å²) in [6, 6.07) is 0. The molecule has 4 nitrogen and oxygen atoms in total. The van der Waals surface area contributed by atoms with Crippen LogP contribution in [0.1, 0.15) is 12.8 Å². The normalized spacial score (nSPS) is 22.2. The molecule has 0 saturated carbocycles. The minimum Gasteiger partial charge on any atom is -0.432 e. The first-order valence-electron chi connectivity index (χ1n) is 3.85. The molecule has 68 valence electrons. The van der Waals surface area contributed by atoms with Crippen LogP contribution >= 0.6 is 0 Å². The zero-order valence-electron chi connectivity index (χ0n) is 6.78. The van der Waals surface area contributed by atoms with E-state index in [1.54, 1.807) is 0 Å². The van der Waals surface area contributed by atoms with Gasteiger partial charge in [-0.25, -0.2) is 4.79 Å². The molecule has 1 atom stereocenters. The molecule has 1 fully saturated rings. The molecule has 1 saturated heterocycles. The summed E-state index contributed by atoms with van der Waals surface area (Å²) in [6.07, 6.45) is 1.19. The molecular weight excluding hydrogens is 160 g/mol. The van der Waals surface area contributed by atoms with Crippen molar-refractivity contribution in [2.24, 2.45) is 0 Å². The number of aliphatic hydroxyl groups is 1. The number of rotatable bonds is 3. The van der Waals surface area contributed by atoms with Crippen LogP contribution in [0.15, 0.2) is 12.2 Å². The van der Waals surface area contributed by atoms with Crippen molar-refractivity contribution in [3.05, 3.63) is 12.2 Å². The molecule has 0 radical (unpaired) electrons. The van der Waals surface area contributed by atoms with Crippen LogP contribution in [0.4, 0.5) is 0 Å². The Bertz CT molecular complexity index is 181. The van der Waals surface area contributed by atoms with Crippen molar-refractivity contribution < 1.29 is 19.4 Å². The second-order valence-electron chi connectivity index (χ2n) is 2.61. The lowest BCUT2D eigenvalue weighted by molar-refractivity contribution is -0.165. The summed E-state index contributed by atoms with van der Waals surface area (Å²) in [5.41, 5.74) is 0.0606. The molecule has 1 aliphatic heterocycles. The molecule has 12 heavy (non-hydrogen) atoms. The Balaban J connectivity index is 2.29. The number of ether oxygens (including phenoxy) is 2. The van der Waals surface area contributed by atoms with Gasteiger partial charge < -0.3 is 14.6 Å². The van der Waals surface area contributed by atoms with E-state index in [0.717, 1.165) is 12.8 Å². The van der Waals surface area contributed by atoms with Gasteiger partial charge in [0.25, 0.3) is 0 Å². The van der Waals surface area contributed by atoms with Gasteiger partial charge in [-0.05, 0) is 6.42 Å². The Kier molecular flexibility index (Phi) is 3.25. The van der Waals surface area contributed by atoms with E-state index in [2.05, 4.69) is 6.58 Å². The van der Waals surface area contributed by atoms with Crippen LogP contribution in [0.2, 0.25) is 0 Å². The lowest BCUT2D eigenvalue weighted by atomic mass is 10.3. The molecule has 0 aliphatic carbocycles. The molecule has 1 aliphatic rings. The van der Waals surface area contributed by atoms with E-state index in [-0.39, 0.29) is 12.2 Å². The van der Waals surface area contributed by atoms with Gasteiger partial charge >= 0.3 is 5.97 Å². The fourth-order valence-electron chi connectivity index (χ4n) is 0.908. The standard InChI is InChI=1S/C8H12O4/c1-6(5-9)8(10)12-7-3-2-4-11-7/h7,9H,1-5H2. The first kappa shape index (κ1) is 9.22. The molecule has 0 amide bonds. The minimum absolute atomic E-state index is 0.0606. The molecule has 1 rings (SSSR count). The number of aliphatic hydroxyl groups excluding tert-OH is 1. The largest absolute Gasteiger partial charge is 0.432 e. The van der Waals surface area contributed by atoms with Crippen molar-refractivity contribution in [1.29, 1.82) is 0 Å². The number of hydrogen-bond acceptors (Lipinski definition) is 4. The summed E-state index contributed by atoms with van der Waals surface area (Å²) in [6.45, 7) is 3.59. The Morgan fingerprint density at radius 3 is 3.00 bits per heavy atom. The van der Waals surface area contributed by atoms with Crippen LogP contribution in [0, 0.1) is 0 Å². The van der Waals surface area contributed by atoms with E-state index >= 15 is 0 Å². The fourth-order valence-corrected chi connectivity index (χ4v) is 0.908. The highest BCUT2D eigenvalue weighted by Gasteiger charge is 2.20. The van der Waals surface area contributed by atoms with Gasteiger partial charge in [0, 0.05) is 6.42 Å². The summed E-state index contributed by atoms with van der Waals surface area (Å²) in [5, 5.41) is 8.54. The third kappa shape index (κ3) is 2.32.